The number of nitrogens with zero attached hydrogens (tertiary/aromatic N) is 2. The van der Waals surface area contributed by atoms with Crippen molar-refractivity contribution in [3.05, 3.63) is 77.9 Å². The van der Waals surface area contributed by atoms with E-state index in [-0.39, 0.29) is 11.8 Å². The molecule has 150 valence electrons. The molecule has 0 spiro atoms. The van der Waals surface area contributed by atoms with E-state index in [4.69, 9.17) is 4.74 Å². The summed E-state index contributed by atoms with van der Waals surface area (Å²) < 4.78 is 7.32. The Morgan fingerprint density at radius 1 is 1.07 bits per heavy atom. The minimum atomic E-state index is -0.328. The van der Waals surface area contributed by atoms with Gasteiger partial charge in [0, 0.05) is 25.5 Å². The summed E-state index contributed by atoms with van der Waals surface area (Å²) in [5.41, 5.74) is 2.15. The molecule has 0 atom stereocenters. The Morgan fingerprint density at radius 3 is 2.62 bits per heavy atom. The largest absolute Gasteiger partial charge is 0.496 e. The van der Waals surface area contributed by atoms with Gasteiger partial charge in [-0.15, -0.1) is 0 Å². The number of aryl methyl sites for hydroxylation is 2. The minimum Gasteiger partial charge on any atom is -0.496 e. The van der Waals surface area contributed by atoms with Crippen LogP contribution in [0.1, 0.15) is 32.7 Å². The summed E-state index contributed by atoms with van der Waals surface area (Å²) in [7, 11) is 1.53. The summed E-state index contributed by atoms with van der Waals surface area (Å²) in [6.45, 7) is 3.16. The maximum absolute atomic E-state index is 12.8. The van der Waals surface area contributed by atoms with Crippen LogP contribution in [0.5, 0.6) is 5.75 Å². The molecule has 7 heteroatoms. The fourth-order valence-corrected chi connectivity index (χ4v) is 3.06. The minimum absolute atomic E-state index is 0.234. The first-order chi connectivity index (χ1) is 14.1. The molecule has 3 rings (SSSR count). The van der Waals surface area contributed by atoms with E-state index >= 15 is 0 Å². The Morgan fingerprint density at radius 2 is 1.86 bits per heavy atom. The molecule has 0 radical (unpaired) electrons. The average molecular weight is 392 g/mol. The number of methoxy groups -OCH3 is 1. The third kappa shape index (κ3) is 5.01. The van der Waals surface area contributed by atoms with Crippen molar-refractivity contribution < 1.29 is 14.3 Å². The molecule has 0 bridgehead atoms. The highest BCUT2D eigenvalue weighted by molar-refractivity contribution is 6.10. The quantitative estimate of drug-likeness (QED) is 0.576. The molecule has 0 unspecified atom stereocenters. The second-order valence-corrected chi connectivity index (χ2v) is 6.57. The number of aromatic nitrogens is 2. The van der Waals surface area contributed by atoms with Gasteiger partial charge in [-0.1, -0.05) is 24.3 Å². The second-order valence-electron chi connectivity index (χ2n) is 6.57. The standard InChI is InChI=1S/C22H24N4O3/c1-16-7-5-9-18(20(16)29-2)22(28)25-19-10-4-3-8-17(19)21(27)24-11-6-13-26-14-12-23-15-26/h3-5,7-10,12,14-15H,6,11,13H2,1-2H3,(H,24,27)(H,25,28). The van der Waals surface area contributed by atoms with E-state index in [9.17, 15) is 9.59 Å². The smallest absolute Gasteiger partial charge is 0.259 e. The first-order valence-electron chi connectivity index (χ1n) is 9.38. The number of nitrogens with one attached hydrogen (secondary N) is 2. The van der Waals surface area contributed by atoms with Gasteiger partial charge >= 0.3 is 0 Å². The number of hydrogen-bond donors (Lipinski definition) is 2. The first kappa shape index (κ1) is 20.1. The van der Waals surface area contributed by atoms with Crippen molar-refractivity contribution in [2.45, 2.75) is 19.9 Å². The molecule has 1 heterocycles. The van der Waals surface area contributed by atoms with Crippen LogP contribution in [0.15, 0.2) is 61.2 Å². The van der Waals surface area contributed by atoms with E-state index in [1.165, 1.54) is 7.11 Å². The van der Waals surface area contributed by atoms with Gasteiger partial charge in [-0.2, -0.15) is 0 Å². The molecule has 2 N–H and O–H groups in total. The van der Waals surface area contributed by atoms with Crippen LogP contribution in [0.25, 0.3) is 0 Å². The van der Waals surface area contributed by atoms with E-state index in [2.05, 4.69) is 15.6 Å². The van der Waals surface area contributed by atoms with E-state index in [0.29, 0.717) is 29.1 Å². The van der Waals surface area contributed by atoms with Crippen molar-refractivity contribution in [1.82, 2.24) is 14.9 Å². The van der Waals surface area contributed by atoms with Crippen molar-refractivity contribution in [3.8, 4) is 5.75 Å². The zero-order chi connectivity index (χ0) is 20.6. The van der Waals surface area contributed by atoms with Gasteiger partial charge in [-0.25, -0.2) is 4.98 Å². The highest BCUT2D eigenvalue weighted by Crippen LogP contribution is 2.24. The predicted octanol–water partition coefficient (Wildman–Crippen LogP) is 3.27. The lowest BCUT2D eigenvalue weighted by Crippen LogP contribution is -2.26. The molecule has 7 nitrogen and oxygen atoms in total. The highest BCUT2D eigenvalue weighted by atomic mass is 16.5. The Hall–Kier alpha value is -3.61. The number of imidazole rings is 1. The Balaban J connectivity index is 1.66. The summed E-state index contributed by atoms with van der Waals surface area (Å²) in [6.07, 6.45) is 6.12. The van der Waals surface area contributed by atoms with Gasteiger partial charge < -0.3 is 19.9 Å². The van der Waals surface area contributed by atoms with Crippen molar-refractivity contribution in [1.29, 1.82) is 0 Å². The molecule has 0 aliphatic rings. The Bertz CT molecular complexity index is 983. The molecule has 0 aliphatic carbocycles. The van der Waals surface area contributed by atoms with Crippen molar-refractivity contribution in [3.63, 3.8) is 0 Å². The van der Waals surface area contributed by atoms with Crippen LogP contribution in [-0.2, 0) is 6.54 Å². The number of hydrogen-bond acceptors (Lipinski definition) is 4. The third-order valence-electron chi connectivity index (χ3n) is 4.52. The molecule has 0 fully saturated rings. The van der Waals surface area contributed by atoms with E-state index in [1.54, 1.807) is 48.9 Å². The fraction of sp³-hybridized carbons (Fsp3) is 0.227. The molecule has 1 aromatic heterocycles. The van der Waals surface area contributed by atoms with Crippen LogP contribution in [0.4, 0.5) is 5.69 Å². The second kappa shape index (κ2) is 9.54. The van der Waals surface area contributed by atoms with Crippen LogP contribution in [-0.4, -0.2) is 35.0 Å². The van der Waals surface area contributed by atoms with Gasteiger partial charge in [0.2, 0.25) is 0 Å². The first-order valence-corrected chi connectivity index (χ1v) is 9.38. The molecule has 29 heavy (non-hydrogen) atoms. The summed E-state index contributed by atoms with van der Waals surface area (Å²) >= 11 is 0. The molecule has 2 aromatic carbocycles. The lowest BCUT2D eigenvalue weighted by molar-refractivity contribution is 0.0953. The normalized spacial score (nSPS) is 10.4. The van der Waals surface area contributed by atoms with E-state index in [1.807, 2.05) is 23.8 Å². The van der Waals surface area contributed by atoms with Crippen LogP contribution >= 0.6 is 0 Å². The average Bonchev–Trinajstić information content (AvgIpc) is 3.24. The molecule has 0 saturated heterocycles. The highest BCUT2D eigenvalue weighted by Gasteiger charge is 2.17. The van der Waals surface area contributed by atoms with Crippen LogP contribution < -0.4 is 15.4 Å². The fourth-order valence-electron chi connectivity index (χ4n) is 3.06. The summed E-state index contributed by atoms with van der Waals surface area (Å²) in [5, 5.41) is 5.73. The van der Waals surface area contributed by atoms with E-state index < -0.39 is 0 Å². The molecular weight excluding hydrogens is 368 g/mol. The number of carbonyl (C=O) groups excluding carboxylic acids is 2. The van der Waals surface area contributed by atoms with E-state index in [0.717, 1.165) is 18.5 Å². The molecule has 3 aromatic rings. The topological polar surface area (TPSA) is 85.2 Å². The monoisotopic (exact) mass is 392 g/mol. The number of benzene rings is 2. The molecule has 2 amide bonds. The van der Waals surface area contributed by atoms with Gasteiger partial charge in [0.1, 0.15) is 5.75 Å². The van der Waals surface area contributed by atoms with Crippen LogP contribution in [0, 0.1) is 6.92 Å². The van der Waals surface area contributed by atoms with Gasteiger partial charge in [0.05, 0.1) is 30.3 Å². The summed E-state index contributed by atoms with van der Waals surface area (Å²) in [6, 6.07) is 12.3. The number of amides is 2. The summed E-state index contributed by atoms with van der Waals surface area (Å²) in [4.78, 5) is 29.4. The lowest BCUT2D eigenvalue weighted by Gasteiger charge is -2.14. The zero-order valence-electron chi connectivity index (χ0n) is 16.5. The van der Waals surface area contributed by atoms with Gasteiger partial charge in [0.25, 0.3) is 11.8 Å². The van der Waals surface area contributed by atoms with Gasteiger partial charge in [0.15, 0.2) is 0 Å². The van der Waals surface area contributed by atoms with Crippen molar-refractivity contribution in [2.75, 3.05) is 19.0 Å². The number of anilines is 1. The maximum Gasteiger partial charge on any atom is 0.259 e. The maximum atomic E-state index is 12.8. The van der Waals surface area contributed by atoms with Gasteiger partial charge in [-0.05, 0) is 37.1 Å². The SMILES string of the molecule is COc1c(C)cccc1C(=O)Nc1ccccc1C(=O)NCCCn1ccnc1. The zero-order valence-corrected chi connectivity index (χ0v) is 16.5. The molecule has 0 aliphatic heterocycles. The predicted molar refractivity (Wildman–Crippen MR) is 111 cm³/mol. The molecule has 0 saturated carbocycles. The van der Waals surface area contributed by atoms with Crippen LogP contribution in [0.2, 0.25) is 0 Å². The lowest BCUT2D eigenvalue weighted by atomic mass is 10.1. The van der Waals surface area contributed by atoms with Gasteiger partial charge in [-0.3, -0.25) is 9.59 Å². The Kier molecular flexibility index (Phi) is 6.63. The Labute approximate surface area is 169 Å². The number of para-hydroxylation sites is 2. The number of carbonyl (C=O) groups is 2. The van der Waals surface area contributed by atoms with Crippen molar-refractivity contribution >= 4 is 17.5 Å². The molecular formula is C22H24N4O3. The van der Waals surface area contributed by atoms with Crippen LogP contribution in [0.3, 0.4) is 0 Å². The van der Waals surface area contributed by atoms with Crippen molar-refractivity contribution in [2.24, 2.45) is 0 Å². The third-order valence-corrected chi connectivity index (χ3v) is 4.52. The number of rotatable bonds is 8. The number of ether oxygens (including phenoxy) is 1. The summed E-state index contributed by atoms with van der Waals surface area (Å²) in [5.74, 6) is -0.0416.